The number of halogens is 6. The Bertz CT molecular complexity index is 1150. The molecule has 0 aliphatic carbocycles. The van der Waals surface area contributed by atoms with Crippen LogP contribution in [0.2, 0.25) is 0 Å². The molecule has 13 heteroatoms. The summed E-state index contributed by atoms with van der Waals surface area (Å²) in [7, 11) is 1.20. The number of hydrogen-bond donors (Lipinski definition) is 1. The van der Waals surface area contributed by atoms with Crippen molar-refractivity contribution in [2.45, 2.75) is 38.8 Å². The number of benzene rings is 2. The fourth-order valence-corrected chi connectivity index (χ4v) is 3.54. The van der Waals surface area contributed by atoms with Crippen LogP contribution in [0, 0.1) is 5.92 Å². The molecule has 7 nitrogen and oxygen atoms in total. The molecule has 0 saturated carbocycles. The normalized spacial score (nSPS) is 16.4. The zero-order valence-electron chi connectivity index (χ0n) is 19.0. The molecule has 2 aromatic rings. The molecule has 0 saturated heterocycles. The Morgan fingerprint density at radius 2 is 1.75 bits per heavy atom. The van der Waals surface area contributed by atoms with Crippen LogP contribution in [-0.2, 0) is 16.1 Å². The van der Waals surface area contributed by atoms with Gasteiger partial charge in [-0.1, -0.05) is 19.1 Å². The van der Waals surface area contributed by atoms with Gasteiger partial charge in [0, 0.05) is 23.6 Å². The van der Waals surface area contributed by atoms with Crippen LogP contribution in [0.15, 0.2) is 47.6 Å². The molecule has 2 amide bonds. The van der Waals surface area contributed by atoms with Crippen LogP contribution in [0.3, 0.4) is 0 Å². The smallest absolute Gasteiger partial charge is 0.493 e. The molecule has 3 rings (SSSR count). The van der Waals surface area contributed by atoms with Crippen molar-refractivity contribution in [1.29, 1.82) is 0 Å². The van der Waals surface area contributed by atoms with Crippen LogP contribution in [0.4, 0.5) is 32.0 Å². The summed E-state index contributed by atoms with van der Waals surface area (Å²) in [5.74, 6) is -3.50. The molecule has 1 heterocycles. The lowest BCUT2D eigenvalue weighted by atomic mass is 9.89. The third-order valence-corrected chi connectivity index (χ3v) is 5.30. The Hall–Kier alpha value is -3.77. The topological polar surface area (TPSA) is 80.2 Å². The Balaban J connectivity index is 1.86. The maximum atomic E-state index is 12.8. The number of anilines is 1. The number of amides is 2. The van der Waals surface area contributed by atoms with Crippen molar-refractivity contribution >= 4 is 23.2 Å². The van der Waals surface area contributed by atoms with Gasteiger partial charge in [-0.15, -0.1) is 13.2 Å². The molecule has 2 aromatic carbocycles. The summed E-state index contributed by atoms with van der Waals surface area (Å²) in [6.45, 7) is 1.77. The first-order chi connectivity index (χ1) is 16.8. The number of carbonyl (C=O) groups excluding carboxylic acids is 2. The van der Waals surface area contributed by atoms with Gasteiger partial charge in [0.2, 0.25) is 5.91 Å². The minimum absolute atomic E-state index is 0.0473. The minimum Gasteiger partial charge on any atom is -0.493 e. The van der Waals surface area contributed by atoms with Gasteiger partial charge in [-0.05, 0) is 42.3 Å². The van der Waals surface area contributed by atoms with Gasteiger partial charge in [-0.25, -0.2) is 5.01 Å². The first-order valence-electron chi connectivity index (χ1n) is 10.6. The first kappa shape index (κ1) is 26.8. The molecule has 1 atom stereocenters. The maximum Gasteiger partial charge on any atom is 0.573 e. The Morgan fingerprint density at radius 1 is 1.08 bits per heavy atom. The number of ether oxygens (including phenoxy) is 2. The fraction of sp³-hybridized carbons (Fsp3) is 0.348. The highest BCUT2D eigenvalue weighted by molar-refractivity contribution is 6.06. The lowest BCUT2D eigenvalue weighted by Gasteiger charge is -2.29. The summed E-state index contributed by atoms with van der Waals surface area (Å²) in [5.41, 5.74) is 1.10. The molecule has 0 aromatic heterocycles. The number of hydrazone groups is 1. The molecular weight excluding hydrogens is 496 g/mol. The number of carbonyl (C=O) groups is 2. The molecule has 1 unspecified atom stereocenters. The van der Waals surface area contributed by atoms with Gasteiger partial charge in [0.1, 0.15) is 0 Å². The molecule has 1 N–H and O–H groups in total. The van der Waals surface area contributed by atoms with E-state index in [2.05, 4.69) is 9.84 Å². The number of nitrogens with one attached hydrogen (secondary N) is 1. The van der Waals surface area contributed by atoms with E-state index in [0.717, 1.165) is 11.1 Å². The SMILES string of the molecule is CCC1CC(=O)N(Cc2ccc(NC(=O)C(F)(F)F)cc2)N=C1c1ccc(OC)c(OC(F)(F)F)c1. The Labute approximate surface area is 201 Å². The van der Waals surface area contributed by atoms with E-state index in [0.29, 0.717) is 23.3 Å². The van der Waals surface area contributed by atoms with E-state index in [4.69, 9.17) is 4.74 Å². The van der Waals surface area contributed by atoms with Crippen molar-refractivity contribution in [3.63, 3.8) is 0 Å². The molecular formula is C23H21F6N3O4. The average molecular weight is 517 g/mol. The zero-order valence-corrected chi connectivity index (χ0v) is 19.0. The average Bonchev–Trinajstić information content (AvgIpc) is 2.79. The van der Waals surface area contributed by atoms with Gasteiger partial charge in [-0.2, -0.15) is 18.3 Å². The van der Waals surface area contributed by atoms with Crippen LogP contribution < -0.4 is 14.8 Å². The Kier molecular flexibility index (Phi) is 7.80. The van der Waals surface area contributed by atoms with E-state index in [9.17, 15) is 35.9 Å². The van der Waals surface area contributed by atoms with Gasteiger partial charge in [0.05, 0.1) is 19.4 Å². The van der Waals surface area contributed by atoms with Gasteiger partial charge in [0.15, 0.2) is 11.5 Å². The van der Waals surface area contributed by atoms with Crippen LogP contribution >= 0.6 is 0 Å². The second kappa shape index (κ2) is 10.5. The molecule has 1 aliphatic rings. The molecule has 0 bridgehead atoms. The minimum atomic E-state index is -5.04. The summed E-state index contributed by atoms with van der Waals surface area (Å²) >= 11 is 0. The monoisotopic (exact) mass is 517 g/mol. The number of methoxy groups -OCH3 is 1. The van der Waals surface area contributed by atoms with E-state index < -0.39 is 24.2 Å². The van der Waals surface area contributed by atoms with E-state index in [1.54, 1.807) is 5.32 Å². The van der Waals surface area contributed by atoms with Crippen LogP contribution in [0.5, 0.6) is 11.5 Å². The maximum absolute atomic E-state index is 12.8. The molecule has 1 aliphatic heterocycles. The summed E-state index contributed by atoms with van der Waals surface area (Å²) < 4.78 is 84.8. The number of hydrogen-bond acceptors (Lipinski definition) is 5. The second-order valence-electron chi connectivity index (χ2n) is 7.81. The van der Waals surface area contributed by atoms with Crippen molar-refractivity contribution in [3.05, 3.63) is 53.6 Å². The molecule has 0 spiro atoms. The third-order valence-electron chi connectivity index (χ3n) is 5.30. The molecule has 0 fully saturated rings. The predicted molar refractivity (Wildman–Crippen MR) is 116 cm³/mol. The largest absolute Gasteiger partial charge is 0.573 e. The summed E-state index contributed by atoms with van der Waals surface area (Å²) in [6.07, 6.45) is -9.44. The van der Waals surface area contributed by atoms with Crippen molar-refractivity contribution in [1.82, 2.24) is 5.01 Å². The van der Waals surface area contributed by atoms with E-state index >= 15 is 0 Å². The van der Waals surface area contributed by atoms with Crippen LogP contribution in [0.25, 0.3) is 0 Å². The van der Waals surface area contributed by atoms with Crippen LogP contribution in [-0.4, -0.2) is 42.2 Å². The lowest BCUT2D eigenvalue weighted by Crippen LogP contribution is -2.36. The Morgan fingerprint density at radius 3 is 2.31 bits per heavy atom. The van der Waals surface area contributed by atoms with E-state index in [1.165, 1.54) is 43.5 Å². The van der Waals surface area contributed by atoms with Crippen molar-refractivity contribution in [2.24, 2.45) is 11.0 Å². The summed E-state index contributed by atoms with van der Waals surface area (Å²) in [6, 6.07) is 9.29. The molecule has 36 heavy (non-hydrogen) atoms. The quantitative estimate of drug-likeness (QED) is 0.509. The van der Waals surface area contributed by atoms with E-state index in [1.807, 2.05) is 6.92 Å². The standard InChI is InChI=1S/C23H21F6N3O4/c1-3-14-11-19(33)32(12-13-4-7-16(8-5-13)30-21(34)22(24,25)26)31-20(14)15-6-9-17(35-2)18(10-15)36-23(27,28)29/h4-10,14H,3,11-12H2,1-2H3,(H,30,34). The zero-order chi connectivity index (χ0) is 26.7. The number of rotatable bonds is 7. The highest BCUT2D eigenvalue weighted by Gasteiger charge is 2.38. The van der Waals surface area contributed by atoms with Gasteiger partial charge < -0.3 is 14.8 Å². The van der Waals surface area contributed by atoms with Gasteiger partial charge in [0.25, 0.3) is 0 Å². The van der Waals surface area contributed by atoms with Gasteiger partial charge in [-0.3, -0.25) is 9.59 Å². The predicted octanol–water partition coefficient (Wildman–Crippen LogP) is 5.26. The van der Waals surface area contributed by atoms with Gasteiger partial charge >= 0.3 is 18.4 Å². The highest BCUT2D eigenvalue weighted by atomic mass is 19.4. The first-order valence-corrected chi connectivity index (χ1v) is 10.6. The van der Waals surface area contributed by atoms with Crippen molar-refractivity contribution < 1.29 is 45.4 Å². The lowest BCUT2D eigenvalue weighted by molar-refractivity contribution is -0.275. The fourth-order valence-electron chi connectivity index (χ4n) is 3.54. The third kappa shape index (κ3) is 6.67. The molecule has 194 valence electrons. The van der Waals surface area contributed by atoms with Crippen molar-refractivity contribution in [3.8, 4) is 11.5 Å². The second-order valence-corrected chi connectivity index (χ2v) is 7.81. The van der Waals surface area contributed by atoms with Crippen LogP contribution in [0.1, 0.15) is 30.9 Å². The molecule has 0 radical (unpaired) electrons. The number of alkyl halides is 6. The number of nitrogens with zero attached hydrogens (tertiary/aromatic N) is 2. The van der Waals surface area contributed by atoms with E-state index in [-0.39, 0.29) is 36.2 Å². The summed E-state index contributed by atoms with van der Waals surface area (Å²) in [5, 5.41) is 7.24. The summed E-state index contributed by atoms with van der Waals surface area (Å²) in [4.78, 5) is 23.7. The highest BCUT2D eigenvalue weighted by Crippen LogP contribution is 2.35. The van der Waals surface area contributed by atoms with Crippen molar-refractivity contribution in [2.75, 3.05) is 12.4 Å².